The first-order valence-corrected chi connectivity index (χ1v) is 19.4. The van der Waals surface area contributed by atoms with Crippen molar-refractivity contribution >= 4 is 46.9 Å². The van der Waals surface area contributed by atoms with E-state index < -0.39 is 29.3 Å². The number of carbonyl (C=O) groups is 2. The number of halogens is 1. The molecular weight excluding hydrogens is 1020 g/mol. The minimum Gasteiger partial charge on any atom is -0.516 e. The van der Waals surface area contributed by atoms with Gasteiger partial charge in [-0.25, -0.2) is 0 Å². The van der Waals surface area contributed by atoms with Gasteiger partial charge in [0.05, 0.1) is 50.0 Å². The Balaban J connectivity index is 0.00000374. The van der Waals surface area contributed by atoms with Crippen molar-refractivity contribution in [2.24, 2.45) is 22.9 Å². The summed E-state index contributed by atoms with van der Waals surface area (Å²) in [6, 6.07) is 10.6. The third kappa shape index (κ3) is 9.89. The Labute approximate surface area is 382 Å². The zero-order valence-electron chi connectivity index (χ0n) is 33.1. The number of fused-ring (bicyclic) bond motifs is 1. The van der Waals surface area contributed by atoms with E-state index in [1.54, 1.807) is 26.0 Å². The first-order chi connectivity index (χ1) is 25.4. The van der Waals surface area contributed by atoms with Gasteiger partial charge in [-0.2, -0.15) is 0 Å². The van der Waals surface area contributed by atoms with Crippen LogP contribution in [0.15, 0.2) is 70.6 Å². The molecule has 0 bridgehead atoms. The number of nitroso groups, excluding NO2 is 1. The fourth-order valence-corrected chi connectivity index (χ4v) is 9.96. The molecule has 2 aromatic rings. The maximum Gasteiger partial charge on any atom is 0.333 e. The molecular formula is C40H53ClN3O10SWY+. The Morgan fingerprint density at radius 3 is 2.42 bits per heavy atom. The molecule has 13 nitrogen and oxygen atoms in total. The summed E-state index contributed by atoms with van der Waals surface area (Å²) in [4.78, 5) is 38.5. The number of ether oxygens (including phenoxy) is 2. The molecule has 1 saturated heterocycles. The summed E-state index contributed by atoms with van der Waals surface area (Å²) >= 11 is 8.36. The van der Waals surface area contributed by atoms with Gasteiger partial charge in [-0.1, -0.05) is 42.8 Å². The average Bonchev–Trinajstić information content (AvgIpc) is 3.37. The first kappa shape index (κ1) is 51.3. The largest absolute Gasteiger partial charge is 0.516 e. The molecule has 0 spiro atoms. The molecule has 7 atom stereocenters. The number of aliphatic hydroxyl groups is 4. The van der Waals surface area contributed by atoms with E-state index in [0.29, 0.717) is 40.1 Å². The second-order valence-corrected chi connectivity index (χ2v) is 16.8. The van der Waals surface area contributed by atoms with Crippen LogP contribution in [0.25, 0.3) is 6.08 Å². The van der Waals surface area contributed by atoms with Crippen molar-refractivity contribution in [3.63, 3.8) is 0 Å². The Bertz CT molecular complexity index is 1860. The summed E-state index contributed by atoms with van der Waals surface area (Å²) in [7, 11) is 5.41. The molecule has 2 aromatic carbocycles. The molecule has 2 fully saturated rings. The van der Waals surface area contributed by atoms with Gasteiger partial charge in [0.25, 0.3) is 0 Å². The molecule has 1 aliphatic carbocycles. The van der Waals surface area contributed by atoms with Gasteiger partial charge in [0.15, 0.2) is 0 Å². The van der Waals surface area contributed by atoms with E-state index in [-0.39, 0.29) is 112 Å². The number of rotatable bonds is 15. The molecule has 17 heteroatoms. The Morgan fingerprint density at radius 1 is 1.21 bits per heavy atom. The van der Waals surface area contributed by atoms with E-state index in [4.69, 9.17) is 21.1 Å². The fraction of sp³-hybridized carbons (Fsp3) is 0.500. The number of carbonyl (C=O) groups excluding carboxylic acids is 2. The average molecular weight is 1080 g/mol. The summed E-state index contributed by atoms with van der Waals surface area (Å²) in [6.07, 6.45) is 4.34. The van der Waals surface area contributed by atoms with E-state index in [1.807, 2.05) is 45.3 Å². The van der Waals surface area contributed by atoms with Gasteiger partial charge in [0.1, 0.15) is 29.3 Å². The second-order valence-electron chi connectivity index (χ2n) is 15.3. The van der Waals surface area contributed by atoms with Crippen LogP contribution in [0.5, 0.6) is 5.75 Å². The van der Waals surface area contributed by atoms with E-state index in [1.165, 1.54) is 29.8 Å². The molecule has 2 amide bonds. The van der Waals surface area contributed by atoms with Crippen LogP contribution in [-0.4, -0.2) is 93.9 Å². The van der Waals surface area contributed by atoms with Crippen LogP contribution in [0.1, 0.15) is 63.1 Å². The zero-order valence-corrected chi connectivity index (χ0v) is 40.5. The van der Waals surface area contributed by atoms with Crippen LogP contribution in [0.4, 0.5) is 5.69 Å². The number of hydrogen-bond donors (Lipinski definition) is 4. The van der Waals surface area contributed by atoms with E-state index in [9.17, 15) is 34.9 Å². The summed E-state index contributed by atoms with van der Waals surface area (Å²) < 4.78 is 12.4. The fourth-order valence-electron chi connectivity index (χ4n) is 8.11. The van der Waals surface area contributed by atoms with Gasteiger partial charge in [-0.3, -0.25) is 14.1 Å². The number of amides is 2. The van der Waals surface area contributed by atoms with Crippen LogP contribution >= 0.6 is 23.4 Å². The normalized spacial score (nSPS) is 23.2. The van der Waals surface area contributed by atoms with Crippen molar-refractivity contribution in [3.05, 3.63) is 92.0 Å². The summed E-state index contributed by atoms with van der Waals surface area (Å²) in [5.74, 6) is -3.93. The third-order valence-corrected chi connectivity index (χ3v) is 13.1. The van der Waals surface area contributed by atoms with Gasteiger partial charge in [-0.05, 0) is 81.4 Å². The van der Waals surface area contributed by atoms with Gasteiger partial charge in [0.2, 0.25) is 11.7 Å². The quantitative estimate of drug-likeness (QED) is 0.0437. The second kappa shape index (κ2) is 20.6. The minimum absolute atomic E-state index is 0. The zero-order chi connectivity index (χ0) is 39.7. The molecule has 6 N–H and O–H groups in total. The SMILES string of the molecule is C=C1CCCC(C(C)(O)C(O)(OC)c2ccc(/C=C/O)c(OCc3ccc([N+](C)(C)CCSC4=C(C(=O)N=O)N5C(=O)C(C(C)O)C5C4C)cc3)c2Cl)C1.O.[W].[Y]. The van der Waals surface area contributed by atoms with Gasteiger partial charge in [0, 0.05) is 93.8 Å². The molecule has 1 radical (unpaired) electrons. The topological polar surface area (TPSA) is 198 Å². The van der Waals surface area contributed by atoms with Crippen LogP contribution in [0, 0.1) is 22.7 Å². The van der Waals surface area contributed by atoms with Crippen molar-refractivity contribution in [1.82, 2.24) is 9.38 Å². The molecule has 5 rings (SSSR count). The maximum atomic E-state index is 12.8. The number of nitrogens with zero attached hydrogens (tertiary/aromatic N) is 3. The van der Waals surface area contributed by atoms with Gasteiger partial charge < -0.3 is 40.3 Å². The third-order valence-electron chi connectivity index (χ3n) is 11.5. The summed E-state index contributed by atoms with van der Waals surface area (Å²) in [5, 5.41) is 46.2. The van der Waals surface area contributed by atoms with Crippen molar-refractivity contribution in [2.75, 3.05) is 33.5 Å². The van der Waals surface area contributed by atoms with Crippen LogP contribution in [0.3, 0.4) is 0 Å². The van der Waals surface area contributed by atoms with Crippen LogP contribution < -0.4 is 9.22 Å². The Morgan fingerprint density at radius 2 is 1.86 bits per heavy atom. The number of thioether (sulfide) groups is 1. The number of hydrogen-bond acceptors (Lipinski definition) is 10. The molecule has 7 unspecified atom stereocenters. The molecule has 3 aliphatic rings. The van der Waals surface area contributed by atoms with Crippen molar-refractivity contribution in [3.8, 4) is 5.75 Å². The molecule has 57 heavy (non-hydrogen) atoms. The number of β-lactam (4-membered cyclic amide) rings is 1. The van der Waals surface area contributed by atoms with E-state index >= 15 is 0 Å². The Kier molecular flexibility index (Phi) is 18.6. The predicted molar refractivity (Wildman–Crippen MR) is 214 cm³/mol. The molecule has 0 aromatic heterocycles. The minimum atomic E-state index is -2.18. The van der Waals surface area contributed by atoms with Gasteiger partial charge >= 0.3 is 5.91 Å². The number of methoxy groups -OCH3 is 1. The van der Waals surface area contributed by atoms with Crippen LogP contribution in [-0.2, 0) is 80.5 Å². The monoisotopic (exact) mass is 1080 g/mol. The Hall–Kier alpha value is -1.81. The molecule has 1 saturated carbocycles. The van der Waals surface area contributed by atoms with Crippen LogP contribution in [0.2, 0.25) is 5.02 Å². The van der Waals surface area contributed by atoms with Crippen molar-refractivity contribution in [1.29, 1.82) is 0 Å². The van der Waals surface area contributed by atoms with Gasteiger partial charge in [-0.15, -0.1) is 16.7 Å². The van der Waals surface area contributed by atoms with Crippen molar-refractivity contribution in [2.45, 2.75) is 76.6 Å². The number of benzene rings is 2. The maximum absolute atomic E-state index is 12.8. The molecule has 309 valence electrons. The number of quaternary nitrogens is 1. The smallest absolute Gasteiger partial charge is 0.333 e. The summed E-state index contributed by atoms with van der Waals surface area (Å²) in [6.45, 7) is 9.84. The molecule has 2 aliphatic heterocycles. The van der Waals surface area contributed by atoms with E-state index in [0.717, 1.165) is 35.9 Å². The summed E-state index contributed by atoms with van der Waals surface area (Å²) in [5.41, 5.74) is 1.71. The number of aliphatic hydroxyl groups excluding tert-OH is 2. The number of allylic oxidation sites excluding steroid dienone is 1. The standard InChI is InChI=1S/C40H50ClN3O9S.H2O.W.Y/c1-23-9-8-10-28(21-23)39(4,49)40(50,52-7)30-16-13-27(17-19-45)35(32(30)41)53-22-26-11-14-29(15-12-26)44(5,6)18-20-54-36-24(2)33-31(25(3)46)38(48)43(33)34(36)37(47)42-51;;;/h11-17,19,24-25,28,31,33,46,49-50H,1,8-10,18,20-22H2,2-7H3;1H2;;/p+1/b19-17+;;;. The van der Waals surface area contributed by atoms with Crippen molar-refractivity contribution < 1.29 is 98.7 Å². The first-order valence-electron chi connectivity index (χ1n) is 18.1. The predicted octanol–water partition coefficient (Wildman–Crippen LogP) is 5.57. The molecule has 2 heterocycles. The van der Waals surface area contributed by atoms with E-state index in [2.05, 4.69) is 11.8 Å².